The Morgan fingerprint density at radius 2 is 2.24 bits per heavy atom. The number of hydrogen-bond acceptors (Lipinski definition) is 5. The third-order valence-electron chi connectivity index (χ3n) is 3.03. The Morgan fingerprint density at radius 3 is 2.86 bits per heavy atom. The van der Waals surface area contributed by atoms with Crippen LogP contribution in [0.15, 0.2) is 41.5 Å². The van der Waals surface area contributed by atoms with Crippen LogP contribution in [0.25, 0.3) is 11.4 Å². The summed E-state index contributed by atoms with van der Waals surface area (Å²) >= 11 is 1.40. The van der Waals surface area contributed by atoms with Gasteiger partial charge in [0, 0.05) is 31.4 Å². The molecule has 0 aliphatic carbocycles. The Bertz CT molecular complexity index is 733. The second-order valence-corrected chi connectivity index (χ2v) is 5.17. The fourth-order valence-electron chi connectivity index (χ4n) is 1.90. The number of thiazole rings is 1. The van der Waals surface area contributed by atoms with Gasteiger partial charge in [-0.15, -0.1) is 11.3 Å². The molecule has 0 atom stereocenters. The molecule has 0 fully saturated rings. The van der Waals surface area contributed by atoms with Gasteiger partial charge in [0.05, 0.1) is 16.9 Å². The van der Waals surface area contributed by atoms with Crippen LogP contribution in [-0.2, 0) is 13.6 Å². The first-order valence-electron chi connectivity index (χ1n) is 6.34. The molecular weight excluding hydrogens is 286 g/mol. The van der Waals surface area contributed by atoms with Crippen molar-refractivity contribution in [1.29, 1.82) is 0 Å². The molecule has 21 heavy (non-hydrogen) atoms. The highest BCUT2D eigenvalue weighted by molar-refractivity contribution is 7.07. The van der Waals surface area contributed by atoms with E-state index >= 15 is 0 Å². The van der Waals surface area contributed by atoms with Crippen LogP contribution in [0.3, 0.4) is 0 Å². The monoisotopic (exact) mass is 299 g/mol. The molecule has 0 saturated carbocycles. The third kappa shape index (κ3) is 2.97. The number of hydrogen-bond donors (Lipinski definition) is 1. The summed E-state index contributed by atoms with van der Waals surface area (Å²) in [5.41, 5.74) is 4.82. The van der Waals surface area contributed by atoms with Crippen molar-refractivity contribution in [2.45, 2.75) is 6.54 Å². The predicted molar refractivity (Wildman–Crippen MR) is 79.7 cm³/mol. The molecule has 106 valence electrons. The van der Waals surface area contributed by atoms with Crippen molar-refractivity contribution in [3.05, 3.63) is 52.7 Å². The highest BCUT2D eigenvalue weighted by atomic mass is 32.1. The van der Waals surface area contributed by atoms with E-state index in [2.05, 4.69) is 20.4 Å². The summed E-state index contributed by atoms with van der Waals surface area (Å²) in [5.74, 6) is -0.174. The number of aryl methyl sites for hydroxylation is 1. The Labute approximate surface area is 125 Å². The van der Waals surface area contributed by atoms with Gasteiger partial charge in [-0.25, -0.2) is 4.98 Å². The average molecular weight is 299 g/mol. The van der Waals surface area contributed by atoms with E-state index < -0.39 is 0 Å². The minimum absolute atomic E-state index is 0.174. The van der Waals surface area contributed by atoms with Crippen LogP contribution in [0.2, 0.25) is 0 Å². The SMILES string of the molecule is Cn1nccc1-c1ccc(CNC(=O)c2cscn2)cn1. The number of amides is 1. The molecule has 0 aliphatic heterocycles. The van der Waals surface area contributed by atoms with Crippen LogP contribution in [0, 0.1) is 0 Å². The lowest BCUT2D eigenvalue weighted by atomic mass is 10.2. The molecule has 3 aromatic rings. The van der Waals surface area contributed by atoms with Gasteiger partial charge in [-0.05, 0) is 17.7 Å². The van der Waals surface area contributed by atoms with E-state index in [4.69, 9.17) is 0 Å². The molecule has 1 N–H and O–H groups in total. The summed E-state index contributed by atoms with van der Waals surface area (Å²) in [5, 5.41) is 8.65. The summed E-state index contributed by atoms with van der Waals surface area (Å²) in [6, 6.07) is 5.77. The zero-order valence-electron chi connectivity index (χ0n) is 11.4. The topological polar surface area (TPSA) is 72.7 Å². The molecular formula is C14H13N5OS. The lowest BCUT2D eigenvalue weighted by molar-refractivity contribution is 0.0946. The molecule has 0 spiro atoms. The Hall–Kier alpha value is -2.54. The van der Waals surface area contributed by atoms with Gasteiger partial charge in [0.2, 0.25) is 0 Å². The van der Waals surface area contributed by atoms with Crippen LogP contribution >= 0.6 is 11.3 Å². The molecule has 0 unspecified atom stereocenters. The zero-order chi connectivity index (χ0) is 14.7. The molecule has 0 saturated heterocycles. The summed E-state index contributed by atoms with van der Waals surface area (Å²) in [6.07, 6.45) is 3.49. The number of nitrogens with zero attached hydrogens (tertiary/aromatic N) is 4. The van der Waals surface area contributed by atoms with E-state index in [1.54, 1.807) is 28.0 Å². The highest BCUT2D eigenvalue weighted by Crippen LogP contribution is 2.15. The molecule has 0 bridgehead atoms. The van der Waals surface area contributed by atoms with Crippen molar-refractivity contribution >= 4 is 17.2 Å². The van der Waals surface area contributed by atoms with Gasteiger partial charge >= 0.3 is 0 Å². The van der Waals surface area contributed by atoms with Crippen LogP contribution in [0.5, 0.6) is 0 Å². The van der Waals surface area contributed by atoms with Gasteiger partial charge in [0.1, 0.15) is 5.69 Å². The van der Waals surface area contributed by atoms with Crippen LogP contribution in [-0.4, -0.2) is 25.7 Å². The Kier molecular flexibility index (Phi) is 3.74. The number of aromatic nitrogens is 4. The number of pyridine rings is 1. The summed E-state index contributed by atoms with van der Waals surface area (Å²) in [7, 11) is 1.87. The van der Waals surface area contributed by atoms with Gasteiger partial charge in [0.25, 0.3) is 5.91 Å². The van der Waals surface area contributed by atoms with Gasteiger partial charge < -0.3 is 5.32 Å². The fraction of sp³-hybridized carbons (Fsp3) is 0.143. The lowest BCUT2D eigenvalue weighted by Gasteiger charge is -2.05. The van der Waals surface area contributed by atoms with E-state index in [-0.39, 0.29) is 5.91 Å². The predicted octanol–water partition coefficient (Wildman–Crippen LogP) is 1.87. The van der Waals surface area contributed by atoms with Gasteiger partial charge in [0.15, 0.2) is 0 Å². The summed E-state index contributed by atoms with van der Waals surface area (Å²) in [6.45, 7) is 0.426. The molecule has 1 amide bonds. The van der Waals surface area contributed by atoms with E-state index in [0.29, 0.717) is 12.2 Å². The van der Waals surface area contributed by atoms with Crippen LogP contribution in [0.1, 0.15) is 16.1 Å². The lowest BCUT2D eigenvalue weighted by Crippen LogP contribution is -2.23. The standard InChI is InChI=1S/C14H13N5OS/c1-19-13(4-5-18-19)11-3-2-10(6-15-11)7-16-14(20)12-8-21-9-17-12/h2-6,8-9H,7H2,1H3,(H,16,20). The molecule has 3 aromatic heterocycles. The van der Waals surface area contributed by atoms with Crippen molar-refractivity contribution < 1.29 is 4.79 Å². The largest absolute Gasteiger partial charge is 0.347 e. The third-order valence-corrected chi connectivity index (χ3v) is 3.61. The normalized spacial score (nSPS) is 10.5. The molecule has 0 aliphatic rings. The van der Waals surface area contributed by atoms with Crippen molar-refractivity contribution in [3.8, 4) is 11.4 Å². The van der Waals surface area contributed by atoms with Crippen molar-refractivity contribution in [3.63, 3.8) is 0 Å². The van der Waals surface area contributed by atoms with E-state index in [1.165, 1.54) is 11.3 Å². The molecule has 0 aromatic carbocycles. The molecule has 7 heteroatoms. The smallest absolute Gasteiger partial charge is 0.271 e. The summed E-state index contributed by atoms with van der Waals surface area (Å²) in [4.78, 5) is 20.1. The molecule has 0 radical (unpaired) electrons. The number of carbonyl (C=O) groups is 1. The quantitative estimate of drug-likeness (QED) is 0.798. The second-order valence-electron chi connectivity index (χ2n) is 4.45. The highest BCUT2D eigenvalue weighted by Gasteiger charge is 2.08. The Morgan fingerprint density at radius 1 is 1.33 bits per heavy atom. The number of nitrogens with one attached hydrogen (secondary N) is 1. The van der Waals surface area contributed by atoms with Crippen LogP contribution in [0.4, 0.5) is 0 Å². The van der Waals surface area contributed by atoms with Crippen LogP contribution < -0.4 is 5.32 Å². The molecule has 6 nitrogen and oxygen atoms in total. The number of rotatable bonds is 4. The summed E-state index contributed by atoms with van der Waals surface area (Å²) < 4.78 is 1.77. The maximum absolute atomic E-state index is 11.8. The average Bonchev–Trinajstić information content (AvgIpc) is 3.17. The van der Waals surface area contributed by atoms with Crippen molar-refractivity contribution in [2.75, 3.05) is 0 Å². The maximum Gasteiger partial charge on any atom is 0.271 e. The van der Waals surface area contributed by atoms with Gasteiger partial charge in [-0.2, -0.15) is 5.10 Å². The minimum atomic E-state index is -0.174. The van der Waals surface area contributed by atoms with Crippen molar-refractivity contribution in [2.24, 2.45) is 7.05 Å². The van der Waals surface area contributed by atoms with Crippen molar-refractivity contribution in [1.82, 2.24) is 25.1 Å². The van der Waals surface area contributed by atoms with E-state index in [0.717, 1.165) is 17.0 Å². The van der Waals surface area contributed by atoms with E-state index in [9.17, 15) is 4.79 Å². The second kappa shape index (κ2) is 5.84. The molecule has 3 rings (SSSR count). The van der Waals surface area contributed by atoms with E-state index in [1.807, 2.05) is 25.2 Å². The van der Waals surface area contributed by atoms with Gasteiger partial charge in [-0.3, -0.25) is 14.5 Å². The Balaban J connectivity index is 1.65. The first-order valence-corrected chi connectivity index (χ1v) is 7.28. The first kappa shape index (κ1) is 13.4. The molecule has 3 heterocycles. The van der Waals surface area contributed by atoms with Gasteiger partial charge in [-0.1, -0.05) is 6.07 Å². The minimum Gasteiger partial charge on any atom is -0.347 e. The maximum atomic E-state index is 11.8. The fourth-order valence-corrected chi connectivity index (χ4v) is 2.44. The number of carbonyl (C=O) groups excluding carboxylic acids is 1. The first-order chi connectivity index (χ1) is 10.2. The zero-order valence-corrected chi connectivity index (χ0v) is 12.2.